The zero-order chi connectivity index (χ0) is 9.52. The zero-order valence-electron chi connectivity index (χ0n) is 7.56. The van der Waals surface area contributed by atoms with E-state index in [1.807, 2.05) is 6.07 Å². The van der Waals surface area contributed by atoms with E-state index in [2.05, 4.69) is 35.7 Å². The number of para-hydroxylation sites is 1. The van der Waals surface area contributed by atoms with Gasteiger partial charge in [-0.15, -0.1) is 5.75 Å². The Labute approximate surface area is 99.9 Å². The Balaban J connectivity index is 0.000000227. The molecule has 0 aromatic heterocycles. The molecule has 1 aliphatic rings. The van der Waals surface area contributed by atoms with Crippen molar-refractivity contribution in [3.05, 3.63) is 52.8 Å². The van der Waals surface area contributed by atoms with Crippen molar-refractivity contribution in [2.75, 3.05) is 0 Å². The molecule has 0 N–H and O–H groups in total. The van der Waals surface area contributed by atoms with Crippen LogP contribution in [0.25, 0.3) is 0 Å². The minimum absolute atomic E-state index is 0. The van der Waals surface area contributed by atoms with Crippen LogP contribution < -0.4 is 17.5 Å². The first kappa shape index (κ1) is 13.4. The Hall–Kier alpha value is -0.626. The third-order valence-corrected chi connectivity index (χ3v) is 2.01. The van der Waals surface area contributed by atoms with E-state index in [0.29, 0.717) is 0 Å². The maximum atomic E-state index is 10.3. The van der Waals surface area contributed by atoms with Crippen molar-refractivity contribution >= 4 is 0 Å². The molecule has 1 aliphatic carbocycles. The van der Waals surface area contributed by atoms with E-state index in [4.69, 9.17) is 0 Å². The van der Waals surface area contributed by atoms with E-state index in [0.717, 1.165) is 6.42 Å². The first-order chi connectivity index (χ1) is 6.29. The SMILES string of the molecule is [Cl-].[O-]c1ccccc1.[V+2][C]1=CC=CC1. The average Bonchev–Trinajstić information content (AvgIpc) is 2.58. The van der Waals surface area contributed by atoms with Crippen molar-refractivity contribution in [1.29, 1.82) is 0 Å². The summed E-state index contributed by atoms with van der Waals surface area (Å²) in [7, 11) is 0. The fourth-order valence-corrected chi connectivity index (χ4v) is 1.16. The van der Waals surface area contributed by atoms with Crippen LogP contribution >= 0.6 is 0 Å². The molecule has 0 bridgehead atoms. The zero-order valence-corrected chi connectivity index (χ0v) is 9.71. The molecule has 0 saturated heterocycles. The molecule has 0 radical (unpaired) electrons. The van der Waals surface area contributed by atoms with Crippen molar-refractivity contribution in [3.63, 3.8) is 0 Å². The Bertz CT molecular complexity index is 306. The fraction of sp³-hybridized carbons (Fsp3) is 0.0909. The van der Waals surface area contributed by atoms with Crippen LogP contribution in [0.3, 0.4) is 0 Å². The normalized spacial score (nSPS) is 12.1. The van der Waals surface area contributed by atoms with Crippen molar-refractivity contribution in [2.45, 2.75) is 6.42 Å². The number of halogens is 1. The molecule has 1 aromatic rings. The van der Waals surface area contributed by atoms with E-state index in [9.17, 15) is 5.11 Å². The molecule has 0 atom stereocenters. The predicted octanol–water partition coefficient (Wildman–Crippen LogP) is -0.859. The molecule has 0 amide bonds. The second-order valence-corrected chi connectivity index (χ2v) is 3.50. The van der Waals surface area contributed by atoms with Gasteiger partial charge in [0.2, 0.25) is 0 Å². The van der Waals surface area contributed by atoms with Crippen LogP contribution in [0.4, 0.5) is 0 Å². The summed E-state index contributed by atoms with van der Waals surface area (Å²) in [4.78, 5) is 0. The van der Waals surface area contributed by atoms with Crippen LogP contribution in [0.5, 0.6) is 5.75 Å². The topological polar surface area (TPSA) is 23.1 Å². The molecule has 3 heteroatoms. The van der Waals surface area contributed by atoms with Crippen LogP contribution in [0.15, 0.2) is 52.8 Å². The fourth-order valence-electron chi connectivity index (χ4n) is 0.856. The Kier molecular flexibility index (Phi) is 7.40. The van der Waals surface area contributed by atoms with Crippen molar-refractivity contribution in [2.24, 2.45) is 0 Å². The van der Waals surface area contributed by atoms with Gasteiger partial charge in [0.25, 0.3) is 0 Å². The summed E-state index contributed by atoms with van der Waals surface area (Å²) in [5.41, 5.74) is 0. The molecule has 0 fully saturated rings. The molecular weight excluding hydrogens is 235 g/mol. The summed E-state index contributed by atoms with van der Waals surface area (Å²) in [6, 6.07) is 8.33. The first-order valence-electron chi connectivity index (χ1n) is 4.06. The summed E-state index contributed by atoms with van der Waals surface area (Å²) in [6.45, 7) is 0. The molecule has 72 valence electrons. The molecule has 2 rings (SSSR count). The third kappa shape index (κ3) is 5.92. The summed E-state index contributed by atoms with van der Waals surface area (Å²) in [5.74, 6) is 0.0718. The van der Waals surface area contributed by atoms with Crippen LogP contribution in [0, 0.1) is 0 Å². The Morgan fingerprint density at radius 1 is 1.14 bits per heavy atom. The quantitative estimate of drug-likeness (QED) is 0.583. The summed E-state index contributed by atoms with van der Waals surface area (Å²) in [5, 5.41) is 10.3. The third-order valence-electron chi connectivity index (χ3n) is 1.49. The van der Waals surface area contributed by atoms with E-state index in [1.54, 1.807) is 12.1 Å². The number of hydrogen-bond donors (Lipinski definition) is 0. The van der Waals surface area contributed by atoms with Crippen LogP contribution in [-0.4, -0.2) is 0 Å². The number of hydrogen-bond acceptors (Lipinski definition) is 1. The molecule has 0 saturated carbocycles. The number of allylic oxidation sites excluding steroid dienone is 4. The van der Waals surface area contributed by atoms with Crippen LogP contribution in [0.1, 0.15) is 6.42 Å². The van der Waals surface area contributed by atoms with E-state index in [-0.39, 0.29) is 18.2 Å². The monoisotopic (exact) mass is 244 g/mol. The average molecular weight is 245 g/mol. The van der Waals surface area contributed by atoms with E-state index < -0.39 is 0 Å². The van der Waals surface area contributed by atoms with Gasteiger partial charge >= 0.3 is 46.4 Å². The van der Waals surface area contributed by atoms with Gasteiger partial charge in [0.1, 0.15) is 0 Å². The van der Waals surface area contributed by atoms with Crippen molar-refractivity contribution in [1.82, 2.24) is 0 Å². The maximum absolute atomic E-state index is 10.3. The molecule has 14 heavy (non-hydrogen) atoms. The number of rotatable bonds is 0. The molecule has 0 aliphatic heterocycles. The van der Waals surface area contributed by atoms with Gasteiger partial charge in [0.15, 0.2) is 0 Å². The van der Waals surface area contributed by atoms with Gasteiger partial charge in [-0.25, -0.2) is 0 Å². The van der Waals surface area contributed by atoms with Crippen LogP contribution in [0.2, 0.25) is 0 Å². The van der Waals surface area contributed by atoms with Gasteiger partial charge in [-0.2, -0.15) is 0 Å². The van der Waals surface area contributed by atoms with E-state index >= 15 is 0 Å². The van der Waals surface area contributed by atoms with Gasteiger partial charge in [0.05, 0.1) is 0 Å². The molecule has 0 spiro atoms. The van der Waals surface area contributed by atoms with Gasteiger partial charge in [-0.05, 0) is 0 Å². The summed E-state index contributed by atoms with van der Waals surface area (Å²) >= 11 is 2.54. The van der Waals surface area contributed by atoms with Gasteiger partial charge in [-0.3, -0.25) is 0 Å². The number of benzene rings is 1. The first-order valence-corrected chi connectivity index (χ1v) is 4.75. The molecule has 1 aromatic carbocycles. The predicted molar refractivity (Wildman–Crippen MR) is 47.7 cm³/mol. The van der Waals surface area contributed by atoms with Crippen molar-refractivity contribution in [3.8, 4) is 5.75 Å². The Morgan fingerprint density at radius 2 is 1.79 bits per heavy atom. The van der Waals surface area contributed by atoms with Crippen LogP contribution in [-0.2, 0) is 17.4 Å². The Morgan fingerprint density at radius 3 is 2.00 bits per heavy atom. The van der Waals surface area contributed by atoms with Gasteiger partial charge < -0.3 is 17.5 Å². The molecule has 1 nitrogen and oxygen atoms in total. The summed E-state index contributed by atoms with van der Waals surface area (Å²) < 4.78 is 1.41. The van der Waals surface area contributed by atoms with Gasteiger partial charge in [-0.1, -0.05) is 30.3 Å². The molecule has 0 heterocycles. The van der Waals surface area contributed by atoms with Crippen molar-refractivity contribution < 1.29 is 34.9 Å². The second-order valence-electron chi connectivity index (χ2n) is 2.60. The van der Waals surface area contributed by atoms with E-state index in [1.165, 1.54) is 16.4 Å². The summed E-state index contributed by atoms with van der Waals surface area (Å²) in [6.07, 6.45) is 7.47. The standard InChI is InChI=1S/C6H6O.C5H5.ClH.V/c7-6-4-2-1-3-5-6;1-2-4-5-3-1;;/h1-5,7H;1-3H,4H2;1H;/q;;;+2/p-2. The second kappa shape index (κ2) is 7.75. The minimum atomic E-state index is 0. The van der Waals surface area contributed by atoms with Gasteiger partial charge in [0, 0.05) is 0 Å². The molecule has 0 unspecified atom stereocenters. The molecular formula is C11H10ClOV.